The molecule has 0 spiro atoms. The third kappa shape index (κ3) is 3.58. The number of carbonyl (C=O) groups excluding carboxylic acids is 1. The first-order valence-corrected chi connectivity index (χ1v) is 5.68. The molecule has 0 heterocycles. The minimum absolute atomic E-state index is 0.0464. The topological polar surface area (TPSA) is 101 Å². The monoisotopic (exact) mass is 256 g/mol. The zero-order valence-electron chi connectivity index (χ0n) is 9.87. The molecule has 0 aromatic heterocycles. The third-order valence-corrected chi connectivity index (χ3v) is 3.08. The highest BCUT2D eigenvalue weighted by atomic mass is 16.5. The van der Waals surface area contributed by atoms with Gasteiger partial charge in [-0.2, -0.15) is 0 Å². The number of aliphatic carboxylic acids is 2. The molecule has 0 saturated heterocycles. The predicted molar refractivity (Wildman–Crippen MR) is 60.7 cm³/mol. The Morgan fingerprint density at radius 2 is 1.50 bits per heavy atom. The molecule has 18 heavy (non-hydrogen) atoms. The van der Waals surface area contributed by atoms with Crippen molar-refractivity contribution in [1.82, 2.24) is 0 Å². The van der Waals surface area contributed by atoms with Crippen molar-refractivity contribution in [3.8, 4) is 0 Å². The van der Waals surface area contributed by atoms with Crippen molar-refractivity contribution in [3.63, 3.8) is 0 Å². The van der Waals surface area contributed by atoms with Gasteiger partial charge in [0.05, 0.1) is 17.8 Å². The van der Waals surface area contributed by atoms with E-state index in [1.807, 2.05) is 0 Å². The van der Waals surface area contributed by atoms with Gasteiger partial charge >= 0.3 is 17.9 Å². The molecule has 0 radical (unpaired) electrons. The van der Waals surface area contributed by atoms with Crippen LogP contribution in [0.15, 0.2) is 12.7 Å². The summed E-state index contributed by atoms with van der Waals surface area (Å²) in [4.78, 5) is 33.5. The van der Waals surface area contributed by atoms with Gasteiger partial charge in [0, 0.05) is 0 Å². The Balaban J connectivity index is 2.72. The highest BCUT2D eigenvalue weighted by molar-refractivity contribution is 5.79. The van der Waals surface area contributed by atoms with Crippen LogP contribution in [0.3, 0.4) is 0 Å². The molecule has 0 aromatic carbocycles. The van der Waals surface area contributed by atoms with E-state index in [1.165, 1.54) is 6.08 Å². The van der Waals surface area contributed by atoms with Crippen LogP contribution in [0.4, 0.5) is 0 Å². The van der Waals surface area contributed by atoms with E-state index in [4.69, 9.17) is 14.9 Å². The average molecular weight is 256 g/mol. The lowest BCUT2D eigenvalue weighted by atomic mass is 9.75. The first-order valence-electron chi connectivity index (χ1n) is 5.68. The highest BCUT2D eigenvalue weighted by Crippen LogP contribution is 2.34. The van der Waals surface area contributed by atoms with Gasteiger partial charge in [0.15, 0.2) is 0 Å². The van der Waals surface area contributed by atoms with Crippen LogP contribution in [0, 0.1) is 17.8 Å². The van der Waals surface area contributed by atoms with Crippen LogP contribution in [-0.2, 0) is 19.1 Å². The number of rotatable bonds is 5. The second-order valence-corrected chi connectivity index (χ2v) is 4.39. The summed E-state index contributed by atoms with van der Waals surface area (Å²) in [7, 11) is 0. The van der Waals surface area contributed by atoms with Crippen LogP contribution in [0.5, 0.6) is 0 Å². The molecule has 1 saturated carbocycles. The Hall–Kier alpha value is -1.85. The van der Waals surface area contributed by atoms with Crippen molar-refractivity contribution in [2.45, 2.75) is 19.3 Å². The third-order valence-electron chi connectivity index (χ3n) is 3.08. The van der Waals surface area contributed by atoms with Gasteiger partial charge in [-0.05, 0) is 19.3 Å². The van der Waals surface area contributed by atoms with Gasteiger partial charge in [0.1, 0.15) is 6.61 Å². The molecule has 1 aliphatic rings. The lowest BCUT2D eigenvalue weighted by Gasteiger charge is -2.29. The Morgan fingerprint density at radius 3 is 1.89 bits per heavy atom. The molecule has 2 N–H and O–H groups in total. The number of esters is 1. The van der Waals surface area contributed by atoms with Gasteiger partial charge in [0.2, 0.25) is 0 Å². The van der Waals surface area contributed by atoms with Crippen molar-refractivity contribution < 1.29 is 29.3 Å². The fourth-order valence-corrected chi connectivity index (χ4v) is 2.17. The largest absolute Gasteiger partial charge is 0.481 e. The molecule has 0 aliphatic heterocycles. The van der Waals surface area contributed by atoms with E-state index >= 15 is 0 Å². The molecule has 6 heteroatoms. The number of hydrogen-bond donors (Lipinski definition) is 2. The molecule has 1 aliphatic carbocycles. The molecule has 2 unspecified atom stereocenters. The van der Waals surface area contributed by atoms with E-state index in [1.54, 1.807) is 0 Å². The molecular weight excluding hydrogens is 240 g/mol. The van der Waals surface area contributed by atoms with Gasteiger partial charge in [-0.15, -0.1) is 0 Å². The summed E-state index contributed by atoms with van der Waals surface area (Å²) in [5.74, 6) is -4.96. The van der Waals surface area contributed by atoms with E-state index in [9.17, 15) is 14.4 Å². The highest BCUT2D eigenvalue weighted by Gasteiger charge is 2.39. The van der Waals surface area contributed by atoms with Crippen molar-refractivity contribution in [1.29, 1.82) is 0 Å². The number of carboxylic acids is 2. The Kier molecular flexibility index (Phi) is 4.88. The molecule has 6 nitrogen and oxygen atoms in total. The maximum absolute atomic E-state index is 11.6. The fraction of sp³-hybridized carbons (Fsp3) is 0.583. The second-order valence-electron chi connectivity index (χ2n) is 4.39. The first-order chi connectivity index (χ1) is 8.45. The van der Waals surface area contributed by atoms with Gasteiger partial charge in [-0.3, -0.25) is 14.4 Å². The molecule has 0 bridgehead atoms. The summed E-state index contributed by atoms with van der Waals surface area (Å²) in [6.45, 7) is 3.45. The van der Waals surface area contributed by atoms with Gasteiger partial charge in [-0.25, -0.2) is 0 Å². The Morgan fingerprint density at radius 1 is 1.06 bits per heavy atom. The fourth-order valence-electron chi connectivity index (χ4n) is 2.17. The number of ether oxygens (including phenoxy) is 1. The first kappa shape index (κ1) is 14.2. The molecule has 100 valence electrons. The van der Waals surface area contributed by atoms with Crippen LogP contribution in [0.1, 0.15) is 19.3 Å². The molecule has 0 aromatic rings. The SMILES string of the molecule is C=CCOC(=O)C1CC(C(=O)O)CC(C(=O)O)C1. The summed E-state index contributed by atoms with van der Waals surface area (Å²) >= 11 is 0. The molecular formula is C12H16O6. The number of carboxylic acid groups (broad SMARTS) is 2. The number of hydrogen-bond acceptors (Lipinski definition) is 4. The number of carbonyl (C=O) groups is 3. The summed E-state index contributed by atoms with van der Waals surface area (Å²) in [5, 5.41) is 17.9. The minimum Gasteiger partial charge on any atom is -0.481 e. The average Bonchev–Trinajstić information content (AvgIpc) is 2.35. The Labute approximate surface area is 104 Å². The lowest BCUT2D eigenvalue weighted by molar-refractivity contribution is -0.155. The zero-order chi connectivity index (χ0) is 13.7. The summed E-state index contributed by atoms with van der Waals surface area (Å²) in [6.07, 6.45) is 1.74. The van der Waals surface area contributed by atoms with Crippen LogP contribution < -0.4 is 0 Å². The van der Waals surface area contributed by atoms with Crippen molar-refractivity contribution in [3.05, 3.63) is 12.7 Å². The van der Waals surface area contributed by atoms with Crippen LogP contribution in [-0.4, -0.2) is 34.7 Å². The molecule has 1 rings (SSSR count). The summed E-state index contributed by atoms with van der Waals surface area (Å²) in [6, 6.07) is 0. The van der Waals surface area contributed by atoms with Gasteiger partial charge < -0.3 is 14.9 Å². The molecule has 2 atom stereocenters. The van der Waals surface area contributed by atoms with E-state index < -0.39 is 35.7 Å². The molecule has 0 amide bonds. The summed E-state index contributed by atoms with van der Waals surface area (Å²) in [5.41, 5.74) is 0. The molecule has 1 fully saturated rings. The summed E-state index contributed by atoms with van der Waals surface area (Å²) < 4.78 is 4.84. The van der Waals surface area contributed by atoms with Crippen molar-refractivity contribution in [2.75, 3.05) is 6.61 Å². The normalized spacial score (nSPS) is 27.2. The van der Waals surface area contributed by atoms with E-state index in [0.717, 1.165) is 0 Å². The van der Waals surface area contributed by atoms with Gasteiger partial charge in [0.25, 0.3) is 0 Å². The Bertz CT molecular complexity index is 340. The van der Waals surface area contributed by atoms with Crippen molar-refractivity contribution >= 4 is 17.9 Å². The van der Waals surface area contributed by atoms with E-state index in [0.29, 0.717) is 0 Å². The second kappa shape index (κ2) is 6.18. The van der Waals surface area contributed by atoms with E-state index in [2.05, 4.69) is 6.58 Å². The lowest BCUT2D eigenvalue weighted by Crippen LogP contribution is -2.35. The zero-order valence-corrected chi connectivity index (χ0v) is 9.87. The minimum atomic E-state index is -1.07. The van der Waals surface area contributed by atoms with Crippen LogP contribution in [0.25, 0.3) is 0 Å². The quantitative estimate of drug-likeness (QED) is 0.560. The maximum atomic E-state index is 11.6. The van der Waals surface area contributed by atoms with Crippen LogP contribution >= 0.6 is 0 Å². The smallest absolute Gasteiger partial charge is 0.309 e. The standard InChI is InChI=1S/C12H16O6/c1-2-3-18-12(17)9-5-7(10(13)14)4-8(6-9)11(15)16/h2,7-9H,1,3-6H2,(H,13,14)(H,15,16). The van der Waals surface area contributed by atoms with Crippen molar-refractivity contribution in [2.24, 2.45) is 17.8 Å². The predicted octanol–water partition coefficient (Wildman–Crippen LogP) is 0.917. The van der Waals surface area contributed by atoms with Gasteiger partial charge in [-0.1, -0.05) is 12.7 Å². The van der Waals surface area contributed by atoms with Crippen LogP contribution in [0.2, 0.25) is 0 Å². The van der Waals surface area contributed by atoms with E-state index in [-0.39, 0.29) is 25.9 Å². The maximum Gasteiger partial charge on any atom is 0.309 e.